The average molecular weight is 323 g/mol. The molecule has 0 fully saturated rings. The normalized spacial score (nSPS) is 12.2. The van der Waals surface area contributed by atoms with Crippen molar-refractivity contribution in [3.8, 4) is 0 Å². The number of hydrogen-bond acceptors (Lipinski definition) is 2. The van der Waals surface area contributed by atoms with Gasteiger partial charge in [-0.15, -0.1) is 0 Å². The van der Waals surface area contributed by atoms with E-state index in [1.807, 2.05) is 26.2 Å². The maximum absolute atomic E-state index is 4.64. The molecule has 24 heavy (non-hydrogen) atoms. The summed E-state index contributed by atoms with van der Waals surface area (Å²) in [5.74, 6) is 0. The molecule has 2 heterocycles. The third-order valence-corrected chi connectivity index (χ3v) is 3.93. The van der Waals surface area contributed by atoms with Crippen LogP contribution in [0.4, 0.5) is 5.69 Å². The number of nitrogens with zero attached hydrogens (tertiary/aromatic N) is 2. The molecule has 2 rings (SSSR count). The van der Waals surface area contributed by atoms with Crippen molar-refractivity contribution in [3.63, 3.8) is 0 Å². The molecule has 0 bridgehead atoms. The molecular formula is C21H29N3. The summed E-state index contributed by atoms with van der Waals surface area (Å²) in [6.45, 7) is 14.6. The van der Waals surface area contributed by atoms with Gasteiger partial charge in [-0.3, -0.25) is 0 Å². The SMILES string of the molecule is C=C(C)/C=C(\C=C/C)c1c[nH]c2ncc(N(CCC)CCC)cc12. The molecule has 0 saturated heterocycles. The Labute approximate surface area is 145 Å². The molecule has 2 aromatic heterocycles. The summed E-state index contributed by atoms with van der Waals surface area (Å²) in [5, 5.41) is 1.16. The van der Waals surface area contributed by atoms with Crippen LogP contribution in [0.25, 0.3) is 16.6 Å². The number of aromatic nitrogens is 2. The number of pyridine rings is 1. The lowest BCUT2D eigenvalue weighted by atomic mass is 10.0. The van der Waals surface area contributed by atoms with Gasteiger partial charge in [-0.05, 0) is 38.3 Å². The second-order valence-electron chi connectivity index (χ2n) is 6.23. The lowest BCUT2D eigenvalue weighted by Crippen LogP contribution is -2.24. The second kappa shape index (κ2) is 8.53. The number of H-pyrrole nitrogens is 1. The van der Waals surface area contributed by atoms with E-state index in [4.69, 9.17) is 0 Å². The third-order valence-electron chi connectivity index (χ3n) is 3.93. The van der Waals surface area contributed by atoms with Crippen LogP contribution in [0.15, 0.2) is 48.8 Å². The van der Waals surface area contributed by atoms with Gasteiger partial charge in [-0.2, -0.15) is 0 Å². The third kappa shape index (κ3) is 4.16. The van der Waals surface area contributed by atoms with Gasteiger partial charge in [0.15, 0.2) is 0 Å². The Morgan fingerprint density at radius 1 is 1.29 bits per heavy atom. The van der Waals surface area contributed by atoms with Gasteiger partial charge in [0, 0.05) is 30.2 Å². The van der Waals surface area contributed by atoms with Gasteiger partial charge < -0.3 is 9.88 Å². The first-order chi connectivity index (χ1) is 11.6. The van der Waals surface area contributed by atoms with Crippen molar-refractivity contribution in [2.45, 2.75) is 40.5 Å². The maximum Gasteiger partial charge on any atom is 0.138 e. The molecule has 3 nitrogen and oxygen atoms in total. The van der Waals surface area contributed by atoms with Crippen LogP contribution in [0.3, 0.4) is 0 Å². The van der Waals surface area contributed by atoms with Crippen molar-refractivity contribution < 1.29 is 0 Å². The summed E-state index contributed by atoms with van der Waals surface area (Å²) in [4.78, 5) is 10.4. The lowest BCUT2D eigenvalue weighted by Gasteiger charge is -2.23. The number of hydrogen-bond donors (Lipinski definition) is 1. The van der Waals surface area contributed by atoms with Crippen molar-refractivity contribution in [1.82, 2.24) is 9.97 Å². The fourth-order valence-corrected chi connectivity index (χ4v) is 2.97. The van der Waals surface area contributed by atoms with E-state index in [0.717, 1.165) is 48.1 Å². The first kappa shape index (κ1) is 18.1. The molecular weight excluding hydrogens is 294 g/mol. The average Bonchev–Trinajstić information content (AvgIpc) is 2.97. The molecule has 2 aromatic rings. The molecule has 0 aromatic carbocycles. The maximum atomic E-state index is 4.64. The van der Waals surface area contributed by atoms with Gasteiger partial charge in [-0.25, -0.2) is 4.98 Å². The van der Waals surface area contributed by atoms with E-state index in [2.05, 4.69) is 59.6 Å². The van der Waals surface area contributed by atoms with E-state index in [9.17, 15) is 0 Å². The van der Waals surface area contributed by atoms with Crippen molar-refractivity contribution >= 4 is 22.3 Å². The van der Waals surface area contributed by atoms with Gasteiger partial charge in [-0.1, -0.05) is 44.2 Å². The van der Waals surface area contributed by atoms with Crippen molar-refractivity contribution in [3.05, 3.63) is 54.4 Å². The van der Waals surface area contributed by atoms with E-state index in [-0.39, 0.29) is 0 Å². The fourth-order valence-electron chi connectivity index (χ4n) is 2.97. The quantitative estimate of drug-likeness (QED) is 0.630. The van der Waals surface area contributed by atoms with Crippen LogP contribution in [0.5, 0.6) is 0 Å². The number of aromatic amines is 1. The smallest absolute Gasteiger partial charge is 0.138 e. The molecule has 0 radical (unpaired) electrons. The summed E-state index contributed by atoms with van der Waals surface area (Å²) in [6.07, 6.45) is 12.6. The Balaban J connectivity index is 2.53. The Kier molecular flexibility index (Phi) is 6.42. The summed E-state index contributed by atoms with van der Waals surface area (Å²) in [6, 6.07) is 2.26. The molecule has 0 aliphatic heterocycles. The minimum atomic E-state index is 0.929. The number of anilines is 1. The molecule has 128 valence electrons. The highest BCUT2D eigenvalue weighted by molar-refractivity contribution is 5.95. The summed E-state index contributed by atoms with van der Waals surface area (Å²) < 4.78 is 0. The first-order valence-electron chi connectivity index (χ1n) is 8.83. The standard InChI is InChI=1S/C21H29N3/c1-6-9-17(12-16(4)5)20-15-23-21-19(20)13-18(14-22-21)24(10-7-2)11-8-3/h6,9,12-15H,4,7-8,10-11H2,1-3,5H3,(H,22,23)/b9-6-,17-12+. The van der Waals surface area contributed by atoms with E-state index in [1.54, 1.807) is 0 Å². The van der Waals surface area contributed by atoms with E-state index < -0.39 is 0 Å². The predicted octanol–water partition coefficient (Wildman–Crippen LogP) is 5.72. The molecule has 0 atom stereocenters. The van der Waals surface area contributed by atoms with E-state index in [0.29, 0.717) is 0 Å². The zero-order chi connectivity index (χ0) is 17.5. The first-order valence-corrected chi connectivity index (χ1v) is 8.83. The topological polar surface area (TPSA) is 31.9 Å². The number of rotatable bonds is 8. The zero-order valence-corrected chi connectivity index (χ0v) is 15.4. The molecule has 0 spiro atoms. The monoisotopic (exact) mass is 323 g/mol. The minimum Gasteiger partial charge on any atom is -0.370 e. The van der Waals surface area contributed by atoms with Crippen molar-refractivity contribution in [1.29, 1.82) is 0 Å². The highest BCUT2D eigenvalue weighted by Crippen LogP contribution is 2.29. The number of allylic oxidation sites excluding steroid dienone is 5. The summed E-state index contributed by atoms with van der Waals surface area (Å²) in [7, 11) is 0. The Hall–Kier alpha value is -2.29. The highest BCUT2D eigenvalue weighted by atomic mass is 15.1. The predicted molar refractivity (Wildman–Crippen MR) is 106 cm³/mol. The van der Waals surface area contributed by atoms with Crippen molar-refractivity contribution in [2.24, 2.45) is 0 Å². The number of fused-ring (bicyclic) bond motifs is 1. The van der Waals surface area contributed by atoms with E-state index in [1.165, 1.54) is 11.3 Å². The molecule has 0 aliphatic carbocycles. The summed E-state index contributed by atoms with van der Waals surface area (Å²) in [5.41, 5.74) is 5.50. The van der Waals surface area contributed by atoms with Crippen LogP contribution >= 0.6 is 0 Å². The molecule has 0 unspecified atom stereocenters. The van der Waals surface area contributed by atoms with Crippen LogP contribution in [0.1, 0.15) is 46.1 Å². The van der Waals surface area contributed by atoms with Crippen LogP contribution in [0, 0.1) is 0 Å². The van der Waals surface area contributed by atoms with E-state index >= 15 is 0 Å². The lowest BCUT2D eigenvalue weighted by molar-refractivity contribution is 0.744. The Bertz CT molecular complexity index is 744. The Morgan fingerprint density at radius 3 is 2.58 bits per heavy atom. The molecule has 0 saturated carbocycles. The van der Waals surface area contributed by atoms with Gasteiger partial charge in [0.25, 0.3) is 0 Å². The number of nitrogens with one attached hydrogen (secondary N) is 1. The van der Waals surface area contributed by atoms with Crippen LogP contribution in [-0.4, -0.2) is 23.1 Å². The zero-order valence-electron chi connectivity index (χ0n) is 15.4. The van der Waals surface area contributed by atoms with Gasteiger partial charge in [0.1, 0.15) is 5.65 Å². The largest absolute Gasteiger partial charge is 0.370 e. The minimum absolute atomic E-state index is 0.929. The van der Waals surface area contributed by atoms with Gasteiger partial charge in [0.05, 0.1) is 11.9 Å². The summed E-state index contributed by atoms with van der Waals surface area (Å²) >= 11 is 0. The molecule has 0 aliphatic rings. The van der Waals surface area contributed by atoms with Crippen molar-refractivity contribution in [2.75, 3.05) is 18.0 Å². The Morgan fingerprint density at radius 2 is 2.00 bits per heavy atom. The van der Waals surface area contributed by atoms with Crippen LogP contribution in [0.2, 0.25) is 0 Å². The molecule has 3 heteroatoms. The fraction of sp³-hybridized carbons (Fsp3) is 0.381. The molecule has 1 N–H and O–H groups in total. The van der Waals surface area contributed by atoms with Crippen LogP contribution < -0.4 is 4.90 Å². The van der Waals surface area contributed by atoms with Crippen LogP contribution in [-0.2, 0) is 0 Å². The highest BCUT2D eigenvalue weighted by Gasteiger charge is 2.11. The second-order valence-corrected chi connectivity index (χ2v) is 6.23. The van der Waals surface area contributed by atoms with Gasteiger partial charge >= 0.3 is 0 Å². The molecule has 0 amide bonds. The van der Waals surface area contributed by atoms with Gasteiger partial charge in [0.2, 0.25) is 0 Å².